The van der Waals surface area contributed by atoms with Crippen LogP contribution < -0.4 is 15.1 Å². The Hall–Kier alpha value is -2.76. The Labute approximate surface area is 231 Å². The van der Waals surface area contributed by atoms with Gasteiger partial charge >= 0.3 is 0 Å². The summed E-state index contributed by atoms with van der Waals surface area (Å²) in [6.45, 7) is 8.08. The van der Waals surface area contributed by atoms with Gasteiger partial charge in [0.2, 0.25) is 0 Å². The molecule has 2 aliphatic heterocycles. The Morgan fingerprint density at radius 2 is 1.46 bits per heavy atom. The highest BCUT2D eigenvalue weighted by atomic mass is 16.6. The molecule has 1 aromatic heterocycles. The van der Waals surface area contributed by atoms with Crippen LogP contribution in [0.15, 0.2) is 48.7 Å². The number of anilines is 2. The summed E-state index contributed by atoms with van der Waals surface area (Å²) >= 11 is 0. The molecule has 214 valence electrons. The zero-order valence-electron chi connectivity index (χ0n) is 22.8. The lowest BCUT2D eigenvalue weighted by atomic mass is 9.86. The minimum absolute atomic E-state index is 0.0199. The topological polar surface area (TPSA) is 106 Å². The van der Waals surface area contributed by atoms with Crippen molar-refractivity contribution in [3.05, 3.63) is 54.2 Å². The van der Waals surface area contributed by atoms with Gasteiger partial charge in [0.1, 0.15) is 5.82 Å². The van der Waals surface area contributed by atoms with Crippen LogP contribution in [0.1, 0.15) is 23.2 Å². The minimum Gasteiger partial charge on any atom is -0.394 e. The highest BCUT2D eigenvalue weighted by Crippen LogP contribution is 2.42. The molecule has 3 heterocycles. The van der Waals surface area contributed by atoms with Gasteiger partial charge in [-0.15, -0.1) is 0 Å². The Kier molecular flexibility index (Phi) is 11.8. The highest BCUT2D eigenvalue weighted by molar-refractivity contribution is 5.94. The van der Waals surface area contributed by atoms with Crippen molar-refractivity contribution in [3.63, 3.8) is 0 Å². The average Bonchev–Trinajstić information content (AvgIpc) is 3.60. The first kappa shape index (κ1) is 29.2. The van der Waals surface area contributed by atoms with E-state index in [1.807, 2.05) is 6.07 Å². The number of benzene rings is 1. The zero-order chi connectivity index (χ0) is 27.2. The fourth-order valence-corrected chi connectivity index (χ4v) is 5.16. The molecule has 10 heteroatoms. The fourth-order valence-electron chi connectivity index (χ4n) is 5.16. The molecule has 2 aromatic rings. The molecule has 4 rings (SSSR count). The second-order valence-corrected chi connectivity index (χ2v) is 10.0. The van der Waals surface area contributed by atoms with Crippen molar-refractivity contribution in [2.75, 3.05) is 102 Å². The number of hydrogen-bond donors (Lipinski definition) is 2. The number of nitrogens with zero attached hydrogens (tertiary/aromatic N) is 3. The molecule has 0 bridgehead atoms. The first-order valence-corrected chi connectivity index (χ1v) is 13.9. The lowest BCUT2D eigenvalue weighted by Crippen LogP contribution is -2.31. The van der Waals surface area contributed by atoms with Crippen LogP contribution in [0.3, 0.4) is 0 Å². The van der Waals surface area contributed by atoms with Crippen LogP contribution in [0.5, 0.6) is 0 Å². The van der Waals surface area contributed by atoms with Gasteiger partial charge in [-0.2, -0.15) is 0 Å². The molecule has 2 fully saturated rings. The van der Waals surface area contributed by atoms with Crippen molar-refractivity contribution in [3.8, 4) is 0 Å². The number of pyridine rings is 1. The summed E-state index contributed by atoms with van der Waals surface area (Å²) in [5.41, 5.74) is 2.19. The molecule has 0 radical (unpaired) electrons. The zero-order valence-corrected chi connectivity index (χ0v) is 22.8. The molecule has 1 unspecified atom stereocenters. The predicted octanol–water partition coefficient (Wildman–Crippen LogP) is 1.98. The third kappa shape index (κ3) is 9.15. The van der Waals surface area contributed by atoms with Crippen molar-refractivity contribution in [2.45, 2.75) is 12.8 Å². The fraction of sp³-hybridized carbons (Fsp3) is 0.586. The minimum atomic E-state index is -0.122. The number of rotatable bonds is 17. The summed E-state index contributed by atoms with van der Waals surface area (Å²) in [7, 11) is 0. The lowest BCUT2D eigenvalue weighted by Gasteiger charge is -2.26. The monoisotopic (exact) mass is 542 g/mol. The number of carbonyl (C=O) groups excluding carboxylic acids is 1. The molecule has 10 nitrogen and oxygen atoms in total. The third-order valence-electron chi connectivity index (χ3n) is 7.21. The molecule has 1 spiro atoms. The van der Waals surface area contributed by atoms with Gasteiger partial charge in [0.25, 0.3) is 5.91 Å². The second-order valence-electron chi connectivity index (χ2n) is 10.0. The third-order valence-corrected chi connectivity index (χ3v) is 7.21. The van der Waals surface area contributed by atoms with Crippen LogP contribution in [0.2, 0.25) is 0 Å². The van der Waals surface area contributed by atoms with Gasteiger partial charge in [0, 0.05) is 55.6 Å². The van der Waals surface area contributed by atoms with E-state index in [0.29, 0.717) is 65.0 Å². The number of para-hydroxylation sites is 1. The molecule has 2 aliphatic rings. The van der Waals surface area contributed by atoms with E-state index in [2.05, 4.69) is 50.4 Å². The van der Waals surface area contributed by atoms with Gasteiger partial charge in [0.05, 0.1) is 59.5 Å². The number of aliphatic hydroxyl groups excluding tert-OH is 1. The van der Waals surface area contributed by atoms with Crippen molar-refractivity contribution in [1.82, 2.24) is 10.3 Å². The summed E-state index contributed by atoms with van der Waals surface area (Å²) in [6.07, 6.45) is 4.04. The van der Waals surface area contributed by atoms with E-state index in [0.717, 1.165) is 38.4 Å². The summed E-state index contributed by atoms with van der Waals surface area (Å²) < 4.78 is 21.4. The Balaban J connectivity index is 1.09. The summed E-state index contributed by atoms with van der Waals surface area (Å²) in [5, 5.41) is 11.5. The SMILES string of the molecule is O=C(NCCOCCOCCOCCOCCO)c1ccnc(N2CCC3(CCN(c4ccccc4)C3)C2)c1. The maximum absolute atomic E-state index is 12.7. The molecule has 1 aromatic carbocycles. The van der Waals surface area contributed by atoms with Crippen molar-refractivity contribution >= 4 is 17.4 Å². The van der Waals surface area contributed by atoms with E-state index >= 15 is 0 Å². The standard InChI is InChI=1S/C29H42N4O6/c34-13-15-37-17-19-39-21-20-38-18-16-36-14-10-31-28(35)25-6-9-30-27(22-25)33-12-8-29(24-33)7-11-32(23-29)26-4-2-1-3-5-26/h1-6,9,22,34H,7-8,10-21,23-24H2,(H,31,35). The first-order chi connectivity index (χ1) is 19.2. The molecule has 39 heavy (non-hydrogen) atoms. The van der Waals surface area contributed by atoms with Crippen LogP contribution in [-0.4, -0.2) is 108 Å². The average molecular weight is 543 g/mol. The van der Waals surface area contributed by atoms with E-state index in [1.54, 1.807) is 12.3 Å². The first-order valence-electron chi connectivity index (χ1n) is 13.9. The molecule has 2 saturated heterocycles. The number of ether oxygens (including phenoxy) is 4. The smallest absolute Gasteiger partial charge is 0.251 e. The Morgan fingerprint density at radius 1 is 0.846 bits per heavy atom. The van der Waals surface area contributed by atoms with Gasteiger partial charge in [0.15, 0.2) is 0 Å². The molecule has 0 saturated carbocycles. The summed E-state index contributed by atoms with van der Waals surface area (Å²) in [6, 6.07) is 14.3. The number of amides is 1. The number of aliphatic hydroxyl groups is 1. The number of aromatic nitrogens is 1. The van der Waals surface area contributed by atoms with Gasteiger partial charge in [-0.1, -0.05) is 18.2 Å². The van der Waals surface area contributed by atoms with Crippen molar-refractivity contribution in [1.29, 1.82) is 0 Å². The van der Waals surface area contributed by atoms with Crippen LogP contribution >= 0.6 is 0 Å². The molecule has 1 atom stereocenters. The molecular weight excluding hydrogens is 500 g/mol. The largest absolute Gasteiger partial charge is 0.394 e. The van der Waals surface area contributed by atoms with Gasteiger partial charge < -0.3 is 39.2 Å². The van der Waals surface area contributed by atoms with Crippen LogP contribution in [-0.2, 0) is 18.9 Å². The van der Waals surface area contributed by atoms with Crippen LogP contribution in [0.4, 0.5) is 11.5 Å². The number of carbonyl (C=O) groups is 1. The quantitative estimate of drug-likeness (QED) is 0.290. The Bertz CT molecular complexity index is 997. The van der Waals surface area contributed by atoms with E-state index < -0.39 is 0 Å². The van der Waals surface area contributed by atoms with E-state index in [-0.39, 0.29) is 17.9 Å². The van der Waals surface area contributed by atoms with Crippen molar-refractivity contribution in [2.24, 2.45) is 5.41 Å². The molecule has 0 aliphatic carbocycles. The number of nitrogens with one attached hydrogen (secondary N) is 1. The lowest BCUT2D eigenvalue weighted by molar-refractivity contribution is -0.00515. The summed E-state index contributed by atoms with van der Waals surface area (Å²) in [5.74, 6) is 0.747. The molecule has 1 amide bonds. The van der Waals surface area contributed by atoms with Gasteiger partial charge in [-0.05, 0) is 37.1 Å². The maximum atomic E-state index is 12.7. The second kappa shape index (κ2) is 15.7. The summed E-state index contributed by atoms with van der Waals surface area (Å²) in [4.78, 5) is 22.1. The van der Waals surface area contributed by atoms with Crippen molar-refractivity contribution < 1.29 is 28.8 Å². The highest BCUT2D eigenvalue weighted by Gasteiger charge is 2.43. The van der Waals surface area contributed by atoms with Gasteiger partial charge in [-0.3, -0.25) is 4.79 Å². The van der Waals surface area contributed by atoms with Gasteiger partial charge in [-0.25, -0.2) is 4.98 Å². The van der Waals surface area contributed by atoms with Crippen LogP contribution in [0, 0.1) is 5.41 Å². The Morgan fingerprint density at radius 3 is 2.15 bits per heavy atom. The van der Waals surface area contributed by atoms with E-state index in [1.165, 1.54) is 12.1 Å². The molecular formula is C29H42N4O6. The van der Waals surface area contributed by atoms with E-state index in [4.69, 9.17) is 24.1 Å². The maximum Gasteiger partial charge on any atom is 0.251 e. The number of hydrogen-bond acceptors (Lipinski definition) is 9. The van der Waals surface area contributed by atoms with E-state index in [9.17, 15) is 4.79 Å². The molecule has 2 N–H and O–H groups in total. The predicted molar refractivity (Wildman–Crippen MR) is 149 cm³/mol. The normalized spacial score (nSPS) is 18.8. The van der Waals surface area contributed by atoms with Crippen LogP contribution in [0.25, 0.3) is 0 Å².